The van der Waals surface area contributed by atoms with Gasteiger partial charge in [-0.25, -0.2) is 0 Å². The standard InChI is InChI=1S/C20H25ClN2O2/c1-3-23(4-2)15-16-5-7-17(8-6-16)20(24)22-13-14-25-19-11-9-18(21)10-12-19/h5-12H,3-4,13-15H2,1-2H3,(H,22,24). The molecule has 0 aromatic heterocycles. The van der Waals surface area contributed by atoms with Gasteiger partial charge in [0.05, 0.1) is 6.54 Å². The van der Waals surface area contributed by atoms with Gasteiger partial charge >= 0.3 is 0 Å². The van der Waals surface area contributed by atoms with Gasteiger partial charge in [0.25, 0.3) is 5.91 Å². The van der Waals surface area contributed by atoms with E-state index in [1.807, 2.05) is 24.3 Å². The van der Waals surface area contributed by atoms with E-state index in [1.54, 1.807) is 24.3 Å². The smallest absolute Gasteiger partial charge is 0.251 e. The van der Waals surface area contributed by atoms with Crippen LogP contribution in [-0.2, 0) is 6.54 Å². The third-order valence-electron chi connectivity index (χ3n) is 3.99. The van der Waals surface area contributed by atoms with Crippen LogP contribution in [0.4, 0.5) is 0 Å². The van der Waals surface area contributed by atoms with Crippen molar-refractivity contribution in [2.75, 3.05) is 26.2 Å². The molecule has 2 aromatic rings. The zero-order valence-corrected chi connectivity index (χ0v) is 15.6. The lowest BCUT2D eigenvalue weighted by molar-refractivity contribution is 0.0947. The molecule has 0 radical (unpaired) electrons. The number of nitrogens with one attached hydrogen (secondary N) is 1. The second-order valence-electron chi connectivity index (χ2n) is 5.72. The van der Waals surface area contributed by atoms with Crippen LogP contribution in [0.25, 0.3) is 0 Å². The number of rotatable bonds is 9. The minimum absolute atomic E-state index is 0.0888. The Balaban J connectivity index is 1.75. The lowest BCUT2D eigenvalue weighted by Crippen LogP contribution is -2.28. The Kier molecular flexibility index (Phi) is 7.76. The van der Waals surface area contributed by atoms with Gasteiger partial charge in [0, 0.05) is 17.1 Å². The van der Waals surface area contributed by atoms with Crippen molar-refractivity contribution in [2.45, 2.75) is 20.4 Å². The molecule has 5 heteroatoms. The van der Waals surface area contributed by atoms with E-state index in [1.165, 1.54) is 5.56 Å². The van der Waals surface area contributed by atoms with Crippen LogP contribution in [0.15, 0.2) is 48.5 Å². The summed E-state index contributed by atoms with van der Waals surface area (Å²) in [7, 11) is 0. The second-order valence-corrected chi connectivity index (χ2v) is 6.15. The number of carbonyl (C=O) groups excluding carboxylic acids is 1. The first kappa shape index (κ1) is 19.3. The highest BCUT2D eigenvalue weighted by atomic mass is 35.5. The summed E-state index contributed by atoms with van der Waals surface area (Å²) in [5.41, 5.74) is 1.88. The molecule has 0 saturated carbocycles. The van der Waals surface area contributed by atoms with Crippen molar-refractivity contribution in [1.29, 1.82) is 0 Å². The molecule has 0 atom stereocenters. The van der Waals surface area contributed by atoms with Gasteiger partial charge in [-0.2, -0.15) is 0 Å². The van der Waals surface area contributed by atoms with E-state index in [2.05, 4.69) is 24.1 Å². The minimum Gasteiger partial charge on any atom is -0.492 e. The zero-order valence-electron chi connectivity index (χ0n) is 14.8. The number of halogens is 1. The Hall–Kier alpha value is -2.04. The third-order valence-corrected chi connectivity index (χ3v) is 4.24. The maximum absolute atomic E-state index is 12.2. The van der Waals surface area contributed by atoms with Crippen LogP contribution in [0.3, 0.4) is 0 Å². The molecule has 0 aliphatic carbocycles. The average Bonchev–Trinajstić information content (AvgIpc) is 2.65. The molecule has 1 N–H and O–H groups in total. The normalized spacial score (nSPS) is 10.7. The molecule has 0 fully saturated rings. The predicted molar refractivity (Wildman–Crippen MR) is 102 cm³/mol. The van der Waals surface area contributed by atoms with Gasteiger partial charge in [0.2, 0.25) is 0 Å². The van der Waals surface area contributed by atoms with Crippen LogP contribution in [0.2, 0.25) is 5.02 Å². The van der Waals surface area contributed by atoms with Crippen molar-refractivity contribution in [3.63, 3.8) is 0 Å². The first-order valence-corrected chi connectivity index (χ1v) is 8.98. The summed E-state index contributed by atoms with van der Waals surface area (Å²) < 4.78 is 5.56. The quantitative estimate of drug-likeness (QED) is 0.687. The SMILES string of the molecule is CCN(CC)Cc1ccc(C(=O)NCCOc2ccc(Cl)cc2)cc1. The maximum Gasteiger partial charge on any atom is 0.251 e. The van der Waals surface area contributed by atoms with Gasteiger partial charge < -0.3 is 10.1 Å². The molecule has 134 valence electrons. The fraction of sp³-hybridized carbons (Fsp3) is 0.350. The average molecular weight is 361 g/mol. The van der Waals surface area contributed by atoms with Gasteiger partial charge in [-0.1, -0.05) is 37.6 Å². The van der Waals surface area contributed by atoms with E-state index in [-0.39, 0.29) is 5.91 Å². The monoisotopic (exact) mass is 360 g/mol. The van der Waals surface area contributed by atoms with Gasteiger partial charge in [0.1, 0.15) is 12.4 Å². The van der Waals surface area contributed by atoms with Crippen molar-refractivity contribution < 1.29 is 9.53 Å². The van der Waals surface area contributed by atoms with Gasteiger partial charge in [-0.05, 0) is 55.1 Å². The first-order valence-electron chi connectivity index (χ1n) is 8.60. The molecule has 25 heavy (non-hydrogen) atoms. The van der Waals surface area contributed by atoms with Crippen LogP contribution in [0.5, 0.6) is 5.75 Å². The van der Waals surface area contributed by atoms with Gasteiger partial charge in [0.15, 0.2) is 0 Å². The molecule has 0 heterocycles. The van der Waals surface area contributed by atoms with Crippen LogP contribution >= 0.6 is 11.6 Å². The number of amides is 1. The highest BCUT2D eigenvalue weighted by molar-refractivity contribution is 6.30. The van der Waals surface area contributed by atoms with Crippen LogP contribution < -0.4 is 10.1 Å². The number of hydrogen-bond acceptors (Lipinski definition) is 3. The summed E-state index contributed by atoms with van der Waals surface area (Å²) in [6.07, 6.45) is 0. The molecule has 2 aromatic carbocycles. The molecular formula is C20H25ClN2O2. The lowest BCUT2D eigenvalue weighted by Gasteiger charge is -2.18. The fourth-order valence-corrected chi connectivity index (χ4v) is 2.56. The Morgan fingerprint density at radius 2 is 1.68 bits per heavy atom. The van der Waals surface area contributed by atoms with Crippen LogP contribution in [0, 0.1) is 0 Å². The molecule has 4 nitrogen and oxygen atoms in total. The summed E-state index contributed by atoms with van der Waals surface area (Å²) in [5, 5.41) is 3.53. The molecule has 0 aliphatic rings. The molecule has 2 rings (SSSR count). The summed E-state index contributed by atoms with van der Waals surface area (Å²) in [6.45, 7) is 8.10. The van der Waals surface area contributed by atoms with E-state index in [0.717, 1.165) is 25.4 Å². The van der Waals surface area contributed by atoms with E-state index >= 15 is 0 Å². The Labute approximate surface area is 154 Å². The Morgan fingerprint density at radius 1 is 1.04 bits per heavy atom. The molecule has 0 bridgehead atoms. The van der Waals surface area contributed by atoms with Crippen molar-refractivity contribution >= 4 is 17.5 Å². The van der Waals surface area contributed by atoms with Crippen LogP contribution in [-0.4, -0.2) is 37.0 Å². The second kappa shape index (κ2) is 10.1. The molecular weight excluding hydrogens is 336 g/mol. The number of nitrogens with zero attached hydrogens (tertiary/aromatic N) is 1. The van der Waals surface area contributed by atoms with Crippen molar-refractivity contribution in [2.24, 2.45) is 0 Å². The number of carbonyl (C=O) groups is 1. The highest BCUT2D eigenvalue weighted by Gasteiger charge is 2.06. The third kappa shape index (κ3) is 6.40. The topological polar surface area (TPSA) is 41.6 Å². The first-order chi connectivity index (χ1) is 12.1. The zero-order chi connectivity index (χ0) is 18.1. The molecule has 1 amide bonds. The Bertz CT molecular complexity index is 652. The summed E-state index contributed by atoms with van der Waals surface area (Å²) in [6, 6.07) is 14.9. The van der Waals surface area contributed by atoms with Crippen molar-refractivity contribution in [3.8, 4) is 5.75 Å². The largest absolute Gasteiger partial charge is 0.492 e. The van der Waals surface area contributed by atoms with Crippen molar-refractivity contribution in [3.05, 3.63) is 64.7 Å². The van der Waals surface area contributed by atoms with Crippen molar-refractivity contribution in [1.82, 2.24) is 10.2 Å². The molecule has 0 unspecified atom stereocenters. The molecule has 0 saturated heterocycles. The van der Waals surface area contributed by atoms with E-state index in [4.69, 9.17) is 16.3 Å². The Morgan fingerprint density at radius 3 is 2.28 bits per heavy atom. The number of ether oxygens (including phenoxy) is 1. The predicted octanol–water partition coefficient (Wildman–Crippen LogP) is 3.99. The van der Waals surface area contributed by atoms with Gasteiger partial charge in [-0.15, -0.1) is 0 Å². The lowest BCUT2D eigenvalue weighted by atomic mass is 10.1. The van der Waals surface area contributed by atoms with E-state index in [0.29, 0.717) is 23.7 Å². The van der Waals surface area contributed by atoms with Gasteiger partial charge in [-0.3, -0.25) is 9.69 Å². The maximum atomic E-state index is 12.2. The highest BCUT2D eigenvalue weighted by Crippen LogP contribution is 2.15. The number of hydrogen-bond donors (Lipinski definition) is 1. The van der Waals surface area contributed by atoms with E-state index in [9.17, 15) is 4.79 Å². The van der Waals surface area contributed by atoms with E-state index < -0.39 is 0 Å². The molecule has 0 aliphatic heterocycles. The number of benzene rings is 2. The molecule has 0 spiro atoms. The summed E-state index contributed by atoms with van der Waals surface area (Å²) in [4.78, 5) is 14.5. The minimum atomic E-state index is -0.0888. The summed E-state index contributed by atoms with van der Waals surface area (Å²) in [5.74, 6) is 0.647. The summed E-state index contributed by atoms with van der Waals surface area (Å²) >= 11 is 5.82. The van der Waals surface area contributed by atoms with Crippen LogP contribution in [0.1, 0.15) is 29.8 Å². The fourth-order valence-electron chi connectivity index (χ4n) is 2.43.